The number of carbonyl (C=O) groups is 1. The van der Waals surface area contributed by atoms with Gasteiger partial charge in [0.25, 0.3) is 0 Å². The maximum Gasteiger partial charge on any atom is 0.433 e. The van der Waals surface area contributed by atoms with Crippen LogP contribution < -0.4 is 10.6 Å². The van der Waals surface area contributed by atoms with E-state index in [9.17, 15) is 36.2 Å². The van der Waals surface area contributed by atoms with Crippen LogP contribution in [0.5, 0.6) is 0 Å². The van der Waals surface area contributed by atoms with Crippen molar-refractivity contribution < 1.29 is 36.2 Å². The summed E-state index contributed by atoms with van der Waals surface area (Å²) in [6.45, 7) is 1.54. The lowest BCUT2D eigenvalue weighted by Gasteiger charge is -2.48. The molecule has 14 heteroatoms. The van der Waals surface area contributed by atoms with Crippen molar-refractivity contribution in [2.75, 3.05) is 37.2 Å². The predicted molar refractivity (Wildman–Crippen MR) is 136 cm³/mol. The standard InChI is InChI=1S/C25H27F6N5O2S/c26-24(27,28)14-1-2-18-17(9-14)19(10-20(35-18)25(29,30)31)33-11-21(37)34-15-12-36(13-15)16-3-5-23(38,6-4-16)22-32-7-8-39-22/h1-2,9-10,15-16,38H,3-8,11-13H2,(H,33,35)(H,34,37). The lowest BCUT2D eigenvalue weighted by Crippen LogP contribution is -2.63. The molecule has 212 valence electrons. The van der Waals surface area contributed by atoms with Gasteiger partial charge >= 0.3 is 12.4 Å². The zero-order valence-corrected chi connectivity index (χ0v) is 21.5. The summed E-state index contributed by atoms with van der Waals surface area (Å²) < 4.78 is 79.5. The Balaban J connectivity index is 1.16. The number of fused-ring (bicyclic) bond motifs is 1. The van der Waals surface area contributed by atoms with Crippen molar-refractivity contribution in [3.63, 3.8) is 0 Å². The average molecular weight is 576 g/mol. The Morgan fingerprint density at radius 2 is 1.82 bits per heavy atom. The van der Waals surface area contributed by atoms with Gasteiger partial charge in [0.15, 0.2) is 0 Å². The highest BCUT2D eigenvalue weighted by Crippen LogP contribution is 2.38. The molecule has 3 aliphatic rings. The quantitative estimate of drug-likeness (QED) is 0.445. The fraction of sp³-hybridized carbons (Fsp3) is 0.560. The summed E-state index contributed by atoms with van der Waals surface area (Å²) in [5.74, 6) is 0.415. The number of aliphatic hydroxyl groups is 1. The van der Waals surface area contributed by atoms with Crippen molar-refractivity contribution in [1.29, 1.82) is 0 Å². The molecule has 0 radical (unpaired) electrons. The van der Waals surface area contributed by atoms with Crippen molar-refractivity contribution in [2.24, 2.45) is 4.99 Å². The highest BCUT2D eigenvalue weighted by atomic mass is 32.2. The predicted octanol–water partition coefficient (Wildman–Crippen LogP) is 4.30. The number of carbonyl (C=O) groups excluding carboxylic acids is 1. The molecule has 39 heavy (non-hydrogen) atoms. The molecule has 5 rings (SSSR count). The Hall–Kier alpha value is -2.58. The molecule has 3 heterocycles. The second kappa shape index (κ2) is 10.4. The van der Waals surface area contributed by atoms with Gasteiger partial charge in [0.05, 0.1) is 28.7 Å². The zero-order chi connectivity index (χ0) is 28.0. The molecule has 1 aromatic heterocycles. The third-order valence-corrected chi connectivity index (χ3v) is 8.59. The number of anilines is 1. The molecule has 1 amide bonds. The van der Waals surface area contributed by atoms with Gasteiger partial charge in [0.2, 0.25) is 5.91 Å². The van der Waals surface area contributed by atoms with E-state index in [0.717, 1.165) is 42.3 Å². The number of pyridine rings is 1. The molecule has 0 bridgehead atoms. The van der Waals surface area contributed by atoms with Crippen LogP contribution >= 0.6 is 11.8 Å². The Bertz CT molecular complexity index is 1270. The van der Waals surface area contributed by atoms with Gasteiger partial charge in [-0.05, 0) is 49.9 Å². The lowest BCUT2D eigenvalue weighted by molar-refractivity contribution is -0.141. The number of aliphatic imine (C=N–C) groups is 1. The Kier molecular flexibility index (Phi) is 7.48. The van der Waals surface area contributed by atoms with E-state index in [1.165, 1.54) is 0 Å². The number of thioether (sulfide) groups is 1. The summed E-state index contributed by atoms with van der Waals surface area (Å²) in [5, 5.41) is 17.0. The molecular formula is C25H27F6N5O2S. The van der Waals surface area contributed by atoms with Crippen LogP contribution in [0.25, 0.3) is 10.9 Å². The minimum Gasteiger partial charge on any atom is -0.383 e. The van der Waals surface area contributed by atoms with Crippen molar-refractivity contribution >= 4 is 39.3 Å². The van der Waals surface area contributed by atoms with Gasteiger partial charge in [-0.25, -0.2) is 4.98 Å². The molecule has 1 aromatic carbocycles. The Labute approximate surface area is 224 Å². The van der Waals surface area contributed by atoms with Gasteiger partial charge in [-0.2, -0.15) is 26.3 Å². The number of nitrogens with one attached hydrogen (secondary N) is 2. The minimum absolute atomic E-state index is 0.147. The average Bonchev–Trinajstić information content (AvgIpc) is 3.40. The van der Waals surface area contributed by atoms with Gasteiger partial charge in [-0.3, -0.25) is 14.7 Å². The van der Waals surface area contributed by atoms with Crippen LogP contribution in [-0.2, 0) is 17.1 Å². The number of nitrogens with zero attached hydrogens (tertiary/aromatic N) is 3. The largest absolute Gasteiger partial charge is 0.433 e. The number of alkyl halides is 6. The second-order valence-corrected chi connectivity index (χ2v) is 11.2. The zero-order valence-electron chi connectivity index (χ0n) is 20.7. The van der Waals surface area contributed by atoms with Crippen molar-refractivity contribution in [2.45, 2.75) is 55.7 Å². The molecule has 0 unspecified atom stereocenters. The van der Waals surface area contributed by atoms with E-state index in [0.29, 0.717) is 38.1 Å². The summed E-state index contributed by atoms with van der Waals surface area (Å²) in [7, 11) is 0. The van der Waals surface area contributed by atoms with Crippen LogP contribution in [0.2, 0.25) is 0 Å². The highest BCUT2D eigenvalue weighted by molar-refractivity contribution is 8.14. The van der Waals surface area contributed by atoms with Gasteiger partial charge in [-0.1, -0.05) is 0 Å². The van der Waals surface area contributed by atoms with Gasteiger partial charge in [0, 0.05) is 42.5 Å². The molecule has 7 nitrogen and oxygen atoms in total. The van der Waals surface area contributed by atoms with E-state index >= 15 is 0 Å². The number of rotatable bonds is 6. The van der Waals surface area contributed by atoms with E-state index in [2.05, 4.69) is 25.5 Å². The van der Waals surface area contributed by atoms with Gasteiger partial charge in [-0.15, -0.1) is 11.8 Å². The fourth-order valence-electron chi connectivity index (χ4n) is 5.33. The van der Waals surface area contributed by atoms with Gasteiger partial charge < -0.3 is 15.7 Å². The molecule has 2 fully saturated rings. The molecule has 1 aliphatic carbocycles. The summed E-state index contributed by atoms with van der Waals surface area (Å²) in [5.41, 5.74) is -3.68. The maximum absolute atomic E-state index is 13.3. The summed E-state index contributed by atoms with van der Waals surface area (Å²) in [6.07, 6.45) is -6.61. The maximum atomic E-state index is 13.3. The van der Waals surface area contributed by atoms with Crippen molar-refractivity contribution in [3.05, 3.63) is 35.5 Å². The smallest absolute Gasteiger partial charge is 0.383 e. The van der Waals surface area contributed by atoms with E-state index in [1.54, 1.807) is 11.8 Å². The molecule has 1 saturated heterocycles. The van der Waals surface area contributed by atoms with Crippen LogP contribution in [0.3, 0.4) is 0 Å². The molecule has 0 spiro atoms. The number of hydrogen-bond donors (Lipinski definition) is 3. The first-order valence-electron chi connectivity index (χ1n) is 12.6. The number of amides is 1. The lowest BCUT2D eigenvalue weighted by atomic mass is 9.81. The summed E-state index contributed by atoms with van der Waals surface area (Å²) in [4.78, 5) is 22.6. The summed E-state index contributed by atoms with van der Waals surface area (Å²) in [6, 6.07) is 3.02. The SMILES string of the molecule is O=C(CNc1cc(C(F)(F)F)nc2ccc(C(F)(F)F)cc12)NC1CN(C2CCC(O)(C3=NCCS3)CC2)C1. The number of hydrogen-bond acceptors (Lipinski definition) is 7. The molecular weight excluding hydrogens is 548 g/mol. The number of aromatic nitrogens is 1. The monoisotopic (exact) mass is 575 g/mol. The topological polar surface area (TPSA) is 89.9 Å². The van der Waals surface area contributed by atoms with Crippen LogP contribution in [0, 0.1) is 0 Å². The number of benzene rings is 1. The molecule has 0 atom stereocenters. The summed E-state index contributed by atoms with van der Waals surface area (Å²) >= 11 is 1.62. The van der Waals surface area contributed by atoms with E-state index in [4.69, 9.17) is 0 Å². The first kappa shape index (κ1) is 28.0. The Morgan fingerprint density at radius 3 is 2.44 bits per heavy atom. The molecule has 2 aliphatic heterocycles. The Morgan fingerprint density at radius 1 is 1.10 bits per heavy atom. The van der Waals surface area contributed by atoms with Crippen molar-refractivity contribution in [1.82, 2.24) is 15.2 Å². The molecule has 3 N–H and O–H groups in total. The van der Waals surface area contributed by atoms with Crippen LogP contribution in [0.4, 0.5) is 32.0 Å². The first-order valence-corrected chi connectivity index (χ1v) is 13.6. The third-order valence-electron chi connectivity index (χ3n) is 7.42. The van der Waals surface area contributed by atoms with E-state index in [-0.39, 0.29) is 28.7 Å². The van der Waals surface area contributed by atoms with Crippen LogP contribution in [0.15, 0.2) is 29.3 Å². The number of likely N-dealkylation sites (tertiary alicyclic amines) is 1. The van der Waals surface area contributed by atoms with Crippen LogP contribution in [0.1, 0.15) is 36.9 Å². The first-order chi connectivity index (χ1) is 18.3. The second-order valence-electron chi connectivity index (χ2n) is 10.2. The van der Waals surface area contributed by atoms with Crippen molar-refractivity contribution in [3.8, 4) is 0 Å². The highest BCUT2D eigenvalue weighted by Gasteiger charge is 2.43. The molecule has 1 saturated carbocycles. The molecule has 2 aromatic rings. The number of halogens is 6. The van der Waals surface area contributed by atoms with E-state index < -0.39 is 41.7 Å². The fourth-order valence-corrected chi connectivity index (χ4v) is 6.36. The normalized spacial score (nSPS) is 24.9. The van der Waals surface area contributed by atoms with Gasteiger partial charge in [0.1, 0.15) is 11.3 Å². The minimum atomic E-state index is -4.82. The van der Waals surface area contributed by atoms with Crippen LogP contribution in [-0.4, -0.2) is 75.6 Å². The third kappa shape index (κ3) is 6.12. The van der Waals surface area contributed by atoms with E-state index in [1.807, 2.05) is 0 Å².